The van der Waals surface area contributed by atoms with Crippen LogP contribution in [0.4, 0.5) is 0 Å². The first-order valence-corrected chi connectivity index (χ1v) is 17.8. The van der Waals surface area contributed by atoms with Gasteiger partial charge in [0.05, 0.1) is 13.2 Å². The molecule has 6 N–H and O–H groups in total. The molecule has 49 heavy (non-hydrogen) atoms. The third kappa shape index (κ3) is 5.96. The van der Waals surface area contributed by atoms with Gasteiger partial charge in [0.25, 0.3) is 0 Å². The summed E-state index contributed by atoms with van der Waals surface area (Å²) in [7, 11) is 3.45. The summed E-state index contributed by atoms with van der Waals surface area (Å²) in [6.45, 7) is 1.33. The van der Waals surface area contributed by atoms with Crippen molar-refractivity contribution in [1.82, 2.24) is 10.6 Å². The number of Topliss-reactive ketones (excluding diaryl/α,β-unsaturated/α-hetero) is 1. The molecule has 1 spiro atoms. The Morgan fingerprint density at radius 2 is 1.78 bits per heavy atom. The number of aromatic hydroxyl groups is 3. The third-order valence-electron chi connectivity index (χ3n) is 12.1. The van der Waals surface area contributed by atoms with E-state index in [0.717, 1.165) is 54.5 Å². The number of ether oxygens (including phenoxy) is 1. The number of carbonyl (C=O) groups is 1. The SMILES string of the molecule is CNCC1CC2CCCC3NCC4C#CC(Cc5ccccc5)C(c5ccc(O)c(OC)c5)CC(=O)CC(O)C4C23c2cc(O)c(O)cc21. The largest absolute Gasteiger partial charge is 0.504 e. The highest BCUT2D eigenvalue weighted by atomic mass is 16.5. The number of aliphatic hydroxyl groups excluding tert-OH is 1. The maximum atomic E-state index is 14.2. The van der Waals surface area contributed by atoms with E-state index in [4.69, 9.17) is 4.74 Å². The number of hydrogen-bond acceptors (Lipinski definition) is 8. The molecule has 2 fully saturated rings. The lowest BCUT2D eigenvalue weighted by atomic mass is 9.44. The Labute approximate surface area is 288 Å². The number of hydrogen-bond donors (Lipinski definition) is 6. The standard InChI is InChI=1S/C41H48N2O6/c1-42-22-28-16-29-9-6-10-39-41(29,33-21-36(47)35(46)20-32(28)33)40-27(23-43-39)12-11-25(15-24-7-4-3-5-8-24)31(18-30(44)19-37(40)48)26-13-14-34(45)38(17-26)49-2/h3-5,7-8,13-14,17,20-21,25,27-29,31,37,39-40,42-43,45-48H,6,9-10,15-16,18-19,22-23H2,1-2H3. The van der Waals surface area contributed by atoms with Gasteiger partial charge in [0.2, 0.25) is 0 Å². The van der Waals surface area contributed by atoms with Crippen LogP contribution in [0.5, 0.6) is 23.0 Å². The smallest absolute Gasteiger partial charge is 0.160 e. The highest BCUT2D eigenvalue weighted by Crippen LogP contribution is 2.62. The molecule has 9 atom stereocenters. The van der Waals surface area contributed by atoms with Gasteiger partial charge in [-0.3, -0.25) is 4.79 Å². The second kappa shape index (κ2) is 13.7. The van der Waals surface area contributed by atoms with Gasteiger partial charge in [0.15, 0.2) is 23.0 Å². The summed E-state index contributed by atoms with van der Waals surface area (Å²) in [5.74, 6) is 6.72. The first-order valence-electron chi connectivity index (χ1n) is 17.8. The number of nitrogens with one attached hydrogen (secondary N) is 2. The van der Waals surface area contributed by atoms with Crippen LogP contribution in [0.3, 0.4) is 0 Å². The van der Waals surface area contributed by atoms with Crippen molar-refractivity contribution in [2.24, 2.45) is 23.7 Å². The topological polar surface area (TPSA) is 131 Å². The van der Waals surface area contributed by atoms with Gasteiger partial charge >= 0.3 is 0 Å². The Bertz CT molecular complexity index is 1750. The average molecular weight is 665 g/mol. The molecular formula is C41H48N2O6. The summed E-state index contributed by atoms with van der Waals surface area (Å²) >= 11 is 0. The van der Waals surface area contributed by atoms with Gasteiger partial charge < -0.3 is 35.8 Å². The van der Waals surface area contributed by atoms with Crippen molar-refractivity contribution < 1.29 is 30.0 Å². The molecule has 1 heterocycles. The Morgan fingerprint density at radius 3 is 2.55 bits per heavy atom. The summed E-state index contributed by atoms with van der Waals surface area (Å²) in [4.78, 5) is 14.2. The van der Waals surface area contributed by atoms with E-state index >= 15 is 0 Å². The minimum absolute atomic E-state index is 0.00710. The van der Waals surface area contributed by atoms with Crippen LogP contribution in [-0.2, 0) is 16.6 Å². The number of likely N-dealkylation sites (N-methyl/N-ethyl adjacent to an activating group) is 1. The fraction of sp³-hybridized carbons (Fsp3) is 0.488. The van der Waals surface area contributed by atoms with E-state index in [1.54, 1.807) is 24.3 Å². The minimum atomic E-state index is -0.942. The van der Waals surface area contributed by atoms with Gasteiger partial charge in [-0.2, -0.15) is 0 Å². The van der Waals surface area contributed by atoms with Crippen LogP contribution in [0.2, 0.25) is 0 Å². The summed E-state index contributed by atoms with van der Waals surface area (Å²) in [6, 6.07) is 19.0. The molecule has 1 saturated heterocycles. The van der Waals surface area contributed by atoms with E-state index in [0.29, 0.717) is 18.7 Å². The lowest BCUT2D eigenvalue weighted by Crippen LogP contribution is -2.69. The van der Waals surface area contributed by atoms with Crippen LogP contribution in [0.25, 0.3) is 0 Å². The fourth-order valence-corrected chi connectivity index (χ4v) is 10.2. The first kappa shape index (κ1) is 33.5. The highest BCUT2D eigenvalue weighted by Gasteiger charge is 2.62. The molecule has 0 bridgehead atoms. The molecule has 8 nitrogen and oxygen atoms in total. The van der Waals surface area contributed by atoms with Gasteiger partial charge in [-0.1, -0.05) is 54.7 Å². The quantitative estimate of drug-likeness (QED) is 0.158. The normalized spacial score (nSPS) is 32.3. The van der Waals surface area contributed by atoms with E-state index < -0.39 is 11.5 Å². The van der Waals surface area contributed by atoms with E-state index in [1.165, 1.54) is 7.11 Å². The monoisotopic (exact) mass is 664 g/mol. The van der Waals surface area contributed by atoms with Crippen molar-refractivity contribution in [1.29, 1.82) is 0 Å². The summed E-state index contributed by atoms with van der Waals surface area (Å²) in [5, 5.41) is 51.6. The Morgan fingerprint density at radius 1 is 0.980 bits per heavy atom. The molecule has 0 aromatic heterocycles. The van der Waals surface area contributed by atoms with Crippen molar-refractivity contribution in [2.75, 3.05) is 27.2 Å². The minimum Gasteiger partial charge on any atom is -0.504 e. The molecule has 7 rings (SSSR count). The van der Waals surface area contributed by atoms with Crippen LogP contribution in [-0.4, -0.2) is 65.6 Å². The van der Waals surface area contributed by atoms with Gasteiger partial charge in [-0.15, -0.1) is 0 Å². The fourth-order valence-electron chi connectivity index (χ4n) is 10.2. The number of benzene rings is 3. The number of rotatable bonds is 6. The molecule has 1 saturated carbocycles. The van der Waals surface area contributed by atoms with Gasteiger partial charge in [0, 0.05) is 61.1 Å². The second-order valence-corrected chi connectivity index (χ2v) is 14.7. The zero-order valence-electron chi connectivity index (χ0n) is 28.4. The molecule has 3 aliphatic carbocycles. The lowest BCUT2D eigenvalue weighted by molar-refractivity contribution is -0.125. The number of piperidine rings is 1. The van der Waals surface area contributed by atoms with Crippen LogP contribution in [0.1, 0.15) is 72.6 Å². The van der Waals surface area contributed by atoms with E-state index in [-0.39, 0.29) is 77.4 Å². The lowest BCUT2D eigenvalue weighted by Gasteiger charge is -2.63. The maximum Gasteiger partial charge on any atom is 0.160 e. The molecule has 9 unspecified atom stereocenters. The van der Waals surface area contributed by atoms with Crippen LogP contribution < -0.4 is 15.4 Å². The predicted molar refractivity (Wildman–Crippen MR) is 188 cm³/mol. The summed E-state index contributed by atoms with van der Waals surface area (Å²) in [5.41, 5.74) is 3.40. The van der Waals surface area contributed by atoms with Crippen molar-refractivity contribution in [2.45, 2.75) is 74.3 Å². The first-order chi connectivity index (χ1) is 23.7. The molecule has 1 aliphatic heterocycles. The van der Waals surface area contributed by atoms with Crippen molar-refractivity contribution >= 4 is 5.78 Å². The van der Waals surface area contributed by atoms with Crippen LogP contribution in [0.15, 0.2) is 60.7 Å². The van der Waals surface area contributed by atoms with E-state index in [1.807, 2.05) is 31.3 Å². The van der Waals surface area contributed by atoms with Crippen molar-refractivity contribution in [3.05, 3.63) is 82.9 Å². The Kier molecular flexibility index (Phi) is 9.36. The maximum absolute atomic E-state index is 14.2. The van der Waals surface area contributed by atoms with Crippen molar-refractivity contribution in [3.8, 4) is 34.8 Å². The second-order valence-electron chi connectivity index (χ2n) is 14.7. The summed E-state index contributed by atoms with van der Waals surface area (Å²) in [6.07, 6.45) is 3.75. The van der Waals surface area contributed by atoms with E-state index in [2.05, 4.69) is 34.6 Å². The van der Waals surface area contributed by atoms with Crippen LogP contribution >= 0.6 is 0 Å². The summed E-state index contributed by atoms with van der Waals surface area (Å²) < 4.78 is 5.46. The number of aliphatic hydroxyl groups is 1. The molecule has 8 heteroatoms. The molecule has 0 amide bonds. The van der Waals surface area contributed by atoms with Gasteiger partial charge in [-0.25, -0.2) is 0 Å². The predicted octanol–water partition coefficient (Wildman–Crippen LogP) is 5.13. The zero-order valence-corrected chi connectivity index (χ0v) is 28.4. The molecule has 3 aromatic rings. The molecular weight excluding hydrogens is 616 g/mol. The number of carbonyl (C=O) groups excluding carboxylic acids is 1. The number of phenolic OH excluding ortho intramolecular Hbond substituents is 3. The molecule has 4 aliphatic rings. The number of ketones is 1. The molecule has 0 radical (unpaired) electrons. The van der Waals surface area contributed by atoms with Gasteiger partial charge in [-0.05, 0) is 91.1 Å². The van der Waals surface area contributed by atoms with Crippen LogP contribution in [0, 0.1) is 35.5 Å². The Hall–Kier alpha value is -4.03. The number of fused-ring (bicyclic) bond motifs is 2. The molecule has 258 valence electrons. The number of methoxy groups -OCH3 is 1. The third-order valence-corrected chi connectivity index (χ3v) is 12.1. The van der Waals surface area contributed by atoms with E-state index in [9.17, 15) is 25.2 Å². The Balaban J connectivity index is 1.39. The van der Waals surface area contributed by atoms with Gasteiger partial charge in [0.1, 0.15) is 5.78 Å². The number of phenols is 3. The highest BCUT2D eigenvalue weighted by molar-refractivity contribution is 5.80. The molecule has 3 aromatic carbocycles. The van der Waals surface area contributed by atoms with Crippen molar-refractivity contribution in [3.63, 3.8) is 0 Å². The average Bonchev–Trinajstić information content (AvgIpc) is 3.09. The zero-order chi connectivity index (χ0) is 34.3.